The Bertz CT molecular complexity index is 1420. The maximum atomic E-state index is 12.8. The number of rotatable bonds is 5. The van der Waals surface area contributed by atoms with Gasteiger partial charge in [0.25, 0.3) is 5.88 Å². The lowest BCUT2D eigenvalue weighted by Gasteiger charge is -2.37. The summed E-state index contributed by atoms with van der Waals surface area (Å²) in [6, 6.07) is 11.5. The van der Waals surface area contributed by atoms with Crippen LogP contribution >= 0.6 is 0 Å². The van der Waals surface area contributed by atoms with E-state index in [9.17, 15) is 4.79 Å². The molecule has 3 aromatic rings. The van der Waals surface area contributed by atoms with Gasteiger partial charge in [-0.05, 0) is 42.8 Å². The Hall–Kier alpha value is -3.87. The molecular weight excluding hydrogens is 460 g/mol. The van der Waals surface area contributed by atoms with E-state index in [1.165, 1.54) is 0 Å². The monoisotopic (exact) mass is 486 g/mol. The second kappa shape index (κ2) is 9.30. The van der Waals surface area contributed by atoms with Gasteiger partial charge in [-0.15, -0.1) is 0 Å². The van der Waals surface area contributed by atoms with Gasteiger partial charge in [0.15, 0.2) is 11.9 Å². The molecule has 0 aliphatic carbocycles. The van der Waals surface area contributed by atoms with Gasteiger partial charge in [0.05, 0.1) is 18.9 Å². The van der Waals surface area contributed by atoms with Crippen molar-refractivity contribution in [2.24, 2.45) is 0 Å². The first-order valence-corrected chi connectivity index (χ1v) is 12.1. The quantitative estimate of drug-likeness (QED) is 0.546. The number of nitrogens with one attached hydrogen (secondary N) is 1. The van der Waals surface area contributed by atoms with Gasteiger partial charge in [-0.2, -0.15) is 4.98 Å². The zero-order valence-corrected chi connectivity index (χ0v) is 20.0. The molecule has 5 heterocycles. The number of pyridine rings is 1. The highest BCUT2D eigenvalue weighted by Gasteiger charge is 2.35. The molecule has 0 radical (unpaired) electrons. The van der Waals surface area contributed by atoms with E-state index >= 15 is 0 Å². The van der Waals surface area contributed by atoms with Crippen LogP contribution in [0.4, 0.5) is 0 Å². The summed E-state index contributed by atoms with van der Waals surface area (Å²) in [6.45, 7) is 5.18. The second-order valence-corrected chi connectivity index (χ2v) is 9.06. The molecule has 1 fully saturated rings. The number of fused-ring (bicyclic) bond motifs is 4. The number of aromatic nitrogens is 3. The van der Waals surface area contributed by atoms with Crippen LogP contribution in [0.2, 0.25) is 0 Å². The van der Waals surface area contributed by atoms with Gasteiger partial charge in [0.2, 0.25) is 5.88 Å². The van der Waals surface area contributed by atoms with Gasteiger partial charge in [0.1, 0.15) is 18.8 Å². The maximum Gasteiger partial charge on any atom is 0.351 e. The molecule has 9 nitrogen and oxygen atoms in total. The molecule has 6 rings (SSSR count). The lowest BCUT2D eigenvalue weighted by molar-refractivity contribution is -0.0416. The van der Waals surface area contributed by atoms with Crippen molar-refractivity contribution in [3.8, 4) is 40.6 Å². The Labute approximate surface area is 208 Å². The Balaban J connectivity index is 1.21. The first-order valence-electron chi connectivity index (χ1n) is 12.1. The van der Waals surface area contributed by atoms with Crippen molar-refractivity contribution < 1.29 is 18.9 Å². The summed E-state index contributed by atoms with van der Waals surface area (Å²) in [5, 5.41) is 3.42. The van der Waals surface area contributed by atoms with Crippen molar-refractivity contribution in [3.05, 3.63) is 64.2 Å². The van der Waals surface area contributed by atoms with Crippen LogP contribution in [-0.4, -0.2) is 59.2 Å². The number of likely N-dealkylation sites (N-methyl/N-ethyl adjacent to an activating group) is 1. The van der Waals surface area contributed by atoms with Gasteiger partial charge in [-0.3, -0.25) is 9.88 Å². The van der Waals surface area contributed by atoms with Gasteiger partial charge in [-0.25, -0.2) is 9.78 Å². The van der Waals surface area contributed by atoms with E-state index in [-0.39, 0.29) is 29.8 Å². The molecule has 1 aromatic carbocycles. The van der Waals surface area contributed by atoms with Gasteiger partial charge >= 0.3 is 5.69 Å². The zero-order valence-electron chi connectivity index (χ0n) is 20.0. The lowest BCUT2D eigenvalue weighted by Crippen LogP contribution is -2.59. The first-order chi connectivity index (χ1) is 17.6. The molecule has 0 spiro atoms. The maximum absolute atomic E-state index is 12.8. The van der Waals surface area contributed by atoms with E-state index < -0.39 is 0 Å². The summed E-state index contributed by atoms with van der Waals surface area (Å²) in [6.07, 6.45) is 2.06. The third-order valence-corrected chi connectivity index (χ3v) is 6.48. The van der Waals surface area contributed by atoms with Crippen LogP contribution < -0.4 is 25.2 Å². The summed E-state index contributed by atoms with van der Waals surface area (Å²) in [5.41, 5.74) is 3.29. The molecule has 1 atom stereocenters. The Morgan fingerprint density at radius 2 is 2.19 bits per heavy atom. The summed E-state index contributed by atoms with van der Waals surface area (Å²) in [4.78, 5) is 21.0. The average Bonchev–Trinajstić information content (AvgIpc) is 2.88. The molecular formula is C27H26N4O5. The van der Waals surface area contributed by atoms with Crippen molar-refractivity contribution in [1.82, 2.24) is 19.9 Å². The molecule has 1 saturated heterocycles. The number of hydrogen-bond donors (Lipinski definition) is 1. The largest absolute Gasteiger partial charge is 0.478 e. The molecule has 2 aromatic heterocycles. The minimum absolute atomic E-state index is 0.197. The second-order valence-electron chi connectivity index (χ2n) is 9.06. The highest BCUT2D eigenvalue weighted by atomic mass is 16.6. The van der Waals surface area contributed by atoms with Crippen molar-refractivity contribution in [2.45, 2.75) is 31.5 Å². The number of benzene rings is 1. The van der Waals surface area contributed by atoms with Gasteiger partial charge < -0.3 is 18.9 Å². The minimum Gasteiger partial charge on any atom is -0.478 e. The van der Waals surface area contributed by atoms with E-state index in [4.69, 9.17) is 18.9 Å². The summed E-state index contributed by atoms with van der Waals surface area (Å²) < 4.78 is 24.5. The molecule has 3 aliphatic rings. The van der Waals surface area contributed by atoms with Crippen molar-refractivity contribution >= 4 is 0 Å². The van der Waals surface area contributed by atoms with Crippen molar-refractivity contribution in [3.63, 3.8) is 0 Å². The molecule has 36 heavy (non-hydrogen) atoms. The smallest absolute Gasteiger partial charge is 0.351 e. The molecule has 3 aliphatic heterocycles. The molecule has 0 saturated carbocycles. The van der Waals surface area contributed by atoms with E-state index in [1.54, 1.807) is 22.9 Å². The molecule has 9 heteroatoms. The van der Waals surface area contributed by atoms with E-state index in [2.05, 4.69) is 40.1 Å². The Morgan fingerprint density at radius 1 is 1.28 bits per heavy atom. The Morgan fingerprint density at radius 3 is 3.03 bits per heavy atom. The van der Waals surface area contributed by atoms with Crippen LogP contribution in [0.25, 0.3) is 11.3 Å². The predicted octanol–water partition coefficient (Wildman–Crippen LogP) is 1.81. The molecule has 0 bridgehead atoms. The molecule has 1 N–H and O–H groups in total. The van der Waals surface area contributed by atoms with Gasteiger partial charge in [-0.1, -0.05) is 24.8 Å². The minimum atomic E-state index is -0.331. The highest BCUT2D eigenvalue weighted by molar-refractivity contribution is 5.68. The van der Waals surface area contributed by atoms with Crippen LogP contribution in [-0.2, 0) is 17.7 Å². The standard InChI is InChI=1S/C27H26N4O5/c1-2-29-27(16-33-17-27)9-7-18-5-6-21-19(12-18)8-11-31-22(21)13-24(30-26(31)32)34-14-20-15-35-25-23(36-20)4-3-10-28-25/h3-6,10,12-13,20,29H,2,8,11,14-17H2,1H3. The van der Waals surface area contributed by atoms with Crippen LogP contribution in [0.3, 0.4) is 0 Å². The predicted molar refractivity (Wildman–Crippen MR) is 131 cm³/mol. The SMILES string of the molecule is CCNC1(C#Cc2ccc3c(c2)CCn2c-3cc(OCC3COc4ncccc4O3)nc2=O)COC1. The first kappa shape index (κ1) is 22.6. The van der Waals surface area contributed by atoms with E-state index in [0.717, 1.165) is 35.3 Å². The van der Waals surface area contributed by atoms with E-state index in [0.29, 0.717) is 38.0 Å². The fraction of sp³-hybridized carbons (Fsp3) is 0.370. The lowest BCUT2D eigenvalue weighted by atomic mass is 9.94. The van der Waals surface area contributed by atoms with Gasteiger partial charge in [0, 0.05) is 29.9 Å². The zero-order chi connectivity index (χ0) is 24.5. The fourth-order valence-electron chi connectivity index (χ4n) is 4.63. The number of hydrogen-bond acceptors (Lipinski definition) is 8. The number of aryl methyl sites for hydroxylation is 1. The summed E-state index contributed by atoms with van der Waals surface area (Å²) in [7, 11) is 0. The molecule has 184 valence electrons. The number of nitrogens with zero attached hydrogens (tertiary/aromatic N) is 3. The van der Waals surface area contributed by atoms with Crippen LogP contribution in [0.1, 0.15) is 18.1 Å². The molecule has 1 unspecified atom stereocenters. The summed E-state index contributed by atoms with van der Waals surface area (Å²) in [5.74, 6) is 7.96. The number of ether oxygens (including phenoxy) is 4. The molecule has 0 amide bonds. The van der Waals surface area contributed by atoms with Crippen LogP contribution in [0, 0.1) is 11.8 Å². The Kier molecular flexibility index (Phi) is 5.83. The average molecular weight is 487 g/mol. The van der Waals surface area contributed by atoms with E-state index in [1.807, 2.05) is 18.2 Å². The third-order valence-electron chi connectivity index (χ3n) is 6.48. The normalized spacial score (nSPS) is 18.6. The highest BCUT2D eigenvalue weighted by Crippen LogP contribution is 2.31. The van der Waals surface area contributed by atoms with Crippen molar-refractivity contribution in [2.75, 3.05) is 33.0 Å². The van der Waals surface area contributed by atoms with Crippen LogP contribution in [0.15, 0.2) is 47.4 Å². The topological polar surface area (TPSA) is 96.7 Å². The third kappa shape index (κ3) is 4.30. The fourth-order valence-corrected chi connectivity index (χ4v) is 4.63. The summed E-state index contributed by atoms with van der Waals surface area (Å²) >= 11 is 0. The van der Waals surface area contributed by atoms with Crippen LogP contribution in [0.5, 0.6) is 17.5 Å². The van der Waals surface area contributed by atoms with Crippen molar-refractivity contribution in [1.29, 1.82) is 0 Å².